The molecule has 0 spiro atoms. The summed E-state index contributed by atoms with van der Waals surface area (Å²) in [5, 5.41) is 12.2. The number of phenolic OH excluding ortho intramolecular Hbond substituents is 1. The molecular formula is C11H12INO2. The van der Waals surface area contributed by atoms with Crippen LogP contribution in [0.3, 0.4) is 0 Å². The third-order valence-corrected chi connectivity index (χ3v) is 2.83. The molecule has 15 heavy (non-hydrogen) atoms. The SMILES string of the molecule is C=CC(C)NC(=O)c1ccc(I)c(O)c1. The number of hydrogen-bond donors (Lipinski definition) is 2. The van der Waals surface area contributed by atoms with Gasteiger partial charge in [0.15, 0.2) is 0 Å². The molecule has 1 atom stereocenters. The molecule has 0 aliphatic carbocycles. The van der Waals surface area contributed by atoms with Gasteiger partial charge in [-0.05, 0) is 47.7 Å². The van der Waals surface area contributed by atoms with Crippen LogP contribution in [0.4, 0.5) is 0 Å². The monoisotopic (exact) mass is 317 g/mol. The van der Waals surface area contributed by atoms with Crippen LogP contribution in [0, 0.1) is 3.57 Å². The average molecular weight is 317 g/mol. The van der Waals surface area contributed by atoms with Crippen LogP contribution in [0.1, 0.15) is 17.3 Å². The number of benzene rings is 1. The fourth-order valence-corrected chi connectivity index (χ4v) is 1.34. The number of hydrogen-bond acceptors (Lipinski definition) is 2. The molecule has 0 saturated heterocycles. The third-order valence-electron chi connectivity index (χ3n) is 1.92. The zero-order valence-corrected chi connectivity index (χ0v) is 10.5. The predicted molar refractivity (Wildman–Crippen MR) is 67.9 cm³/mol. The van der Waals surface area contributed by atoms with E-state index in [9.17, 15) is 9.90 Å². The van der Waals surface area contributed by atoms with Gasteiger partial charge in [0.1, 0.15) is 5.75 Å². The smallest absolute Gasteiger partial charge is 0.251 e. The van der Waals surface area contributed by atoms with Crippen LogP contribution < -0.4 is 5.32 Å². The zero-order valence-electron chi connectivity index (χ0n) is 8.33. The number of carbonyl (C=O) groups excluding carboxylic acids is 1. The highest BCUT2D eigenvalue weighted by atomic mass is 127. The minimum atomic E-state index is -0.214. The Balaban J connectivity index is 2.83. The Bertz CT molecular complexity index is 390. The summed E-state index contributed by atoms with van der Waals surface area (Å²) in [7, 11) is 0. The Morgan fingerprint density at radius 3 is 2.87 bits per heavy atom. The van der Waals surface area contributed by atoms with E-state index in [2.05, 4.69) is 11.9 Å². The van der Waals surface area contributed by atoms with Crippen LogP contribution in [-0.4, -0.2) is 17.1 Å². The highest BCUT2D eigenvalue weighted by molar-refractivity contribution is 14.1. The minimum absolute atomic E-state index is 0.0843. The van der Waals surface area contributed by atoms with Crippen molar-refractivity contribution in [1.29, 1.82) is 0 Å². The maximum atomic E-state index is 11.6. The minimum Gasteiger partial charge on any atom is -0.507 e. The number of carbonyl (C=O) groups is 1. The van der Waals surface area contributed by atoms with Gasteiger partial charge in [-0.3, -0.25) is 4.79 Å². The number of halogens is 1. The molecule has 1 rings (SSSR count). The van der Waals surface area contributed by atoms with Crippen molar-refractivity contribution in [3.8, 4) is 5.75 Å². The third kappa shape index (κ3) is 3.23. The lowest BCUT2D eigenvalue weighted by Gasteiger charge is -2.09. The van der Waals surface area contributed by atoms with E-state index in [-0.39, 0.29) is 17.7 Å². The molecule has 0 bridgehead atoms. The van der Waals surface area contributed by atoms with Crippen molar-refractivity contribution >= 4 is 28.5 Å². The maximum absolute atomic E-state index is 11.6. The summed E-state index contributed by atoms with van der Waals surface area (Å²) in [6.45, 7) is 5.40. The molecule has 3 nitrogen and oxygen atoms in total. The van der Waals surface area contributed by atoms with Gasteiger partial charge in [-0.15, -0.1) is 6.58 Å². The van der Waals surface area contributed by atoms with Crippen molar-refractivity contribution in [1.82, 2.24) is 5.32 Å². The fourth-order valence-electron chi connectivity index (χ4n) is 1.00. The maximum Gasteiger partial charge on any atom is 0.251 e. The van der Waals surface area contributed by atoms with Crippen molar-refractivity contribution in [2.24, 2.45) is 0 Å². The topological polar surface area (TPSA) is 49.3 Å². The normalized spacial score (nSPS) is 11.9. The molecule has 0 fully saturated rings. The molecule has 0 heterocycles. The van der Waals surface area contributed by atoms with E-state index in [1.165, 1.54) is 6.07 Å². The molecule has 0 aliphatic rings. The molecule has 4 heteroatoms. The number of rotatable bonds is 3. The predicted octanol–water partition coefficient (Wildman–Crippen LogP) is 2.30. The lowest BCUT2D eigenvalue weighted by Crippen LogP contribution is -2.30. The number of amides is 1. The summed E-state index contributed by atoms with van der Waals surface area (Å²) in [5.74, 6) is -0.0939. The molecule has 1 amide bonds. The van der Waals surface area contributed by atoms with Crippen molar-refractivity contribution in [2.75, 3.05) is 0 Å². The molecule has 0 saturated carbocycles. The first kappa shape index (κ1) is 12.0. The van der Waals surface area contributed by atoms with E-state index in [1.54, 1.807) is 18.2 Å². The van der Waals surface area contributed by atoms with E-state index < -0.39 is 0 Å². The van der Waals surface area contributed by atoms with Crippen molar-refractivity contribution in [2.45, 2.75) is 13.0 Å². The van der Waals surface area contributed by atoms with Gasteiger partial charge in [-0.1, -0.05) is 6.08 Å². The lowest BCUT2D eigenvalue weighted by atomic mass is 10.2. The van der Waals surface area contributed by atoms with Crippen LogP contribution in [0.25, 0.3) is 0 Å². The summed E-state index contributed by atoms with van der Waals surface area (Å²) in [5.41, 5.74) is 0.446. The summed E-state index contributed by atoms with van der Waals surface area (Å²) in [6.07, 6.45) is 1.64. The molecule has 1 unspecified atom stereocenters. The summed E-state index contributed by atoms with van der Waals surface area (Å²) >= 11 is 2.00. The Kier molecular flexibility index (Phi) is 4.14. The molecule has 1 aromatic rings. The van der Waals surface area contributed by atoms with E-state index in [0.717, 1.165) is 3.57 Å². The summed E-state index contributed by atoms with van der Waals surface area (Å²) in [6, 6.07) is 4.74. The fraction of sp³-hybridized carbons (Fsp3) is 0.182. The molecule has 80 valence electrons. The lowest BCUT2D eigenvalue weighted by molar-refractivity contribution is 0.0946. The molecule has 1 aromatic carbocycles. The van der Waals surface area contributed by atoms with Crippen LogP contribution in [0.2, 0.25) is 0 Å². The van der Waals surface area contributed by atoms with Gasteiger partial charge in [0.25, 0.3) is 5.91 Å². The van der Waals surface area contributed by atoms with Gasteiger partial charge in [-0.25, -0.2) is 0 Å². The Morgan fingerprint density at radius 2 is 2.33 bits per heavy atom. The standard InChI is InChI=1S/C11H12INO2/c1-3-7(2)13-11(15)8-4-5-9(12)10(14)6-8/h3-7,14H,1H2,2H3,(H,13,15). The molecular weight excluding hydrogens is 305 g/mol. The molecule has 2 N–H and O–H groups in total. The first-order chi connectivity index (χ1) is 7.04. The Morgan fingerprint density at radius 1 is 1.67 bits per heavy atom. The van der Waals surface area contributed by atoms with Crippen LogP contribution in [0.15, 0.2) is 30.9 Å². The Hall–Kier alpha value is -1.04. The second-order valence-corrected chi connectivity index (χ2v) is 4.33. The van der Waals surface area contributed by atoms with Gasteiger partial charge in [0.05, 0.1) is 3.57 Å². The largest absolute Gasteiger partial charge is 0.507 e. The average Bonchev–Trinajstić information content (AvgIpc) is 2.21. The van der Waals surface area contributed by atoms with Gasteiger partial charge < -0.3 is 10.4 Å². The highest BCUT2D eigenvalue weighted by Gasteiger charge is 2.09. The summed E-state index contributed by atoms with van der Waals surface area (Å²) < 4.78 is 0.723. The number of phenols is 1. The van der Waals surface area contributed by atoms with Gasteiger partial charge >= 0.3 is 0 Å². The van der Waals surface area contributed by atoms with Gasteiger partial charge in [0.2, 0.25) is 0 Å². The number of nitrogens with one attached hydrogen (secondary N) is 1. The van der Waals surface area contributed by atoms with Gasteiger partial charge in [0, 0.05) is 11.6 Å². The van der Waals surface area contributed by atoms with Crippen molar-refractivity contribution < 1.29 is 9.90 Å². The second-order valence-electron chi connectivity index (χ2n) is 3.16. The van der Waals surface area contributed by atoms with E-state index in [4.69, 9.17) is 0 Å². The molecule has 0 aliphatic heterocycles. The number of aromatic hydroxyl groups is 1. The van der Waals surface area contributed by atoms with E-state index in [0.29, 0.717) is 5.56 Å². The molecule has 0 radical (unpaired) electrons. The quantitative estimate of drug-likeness (QED) is 0.664. The molecule has 0 aromatic heterocycles. The second kappa shape index (κ2) is 5.16. The zero-order chi connectivity index (χ0) is 11.4. The van der Waals surface area contributed by atoms with Crippen LogP contribution >= 0.6 is 22.6 Å². The van der Waals surface area contributed by atoms with E-state index >= 15 is 0 Å². The van der Waals surface area contributed by atoms with Crippen molar-refractivity contribution in [3.05, 3.63) is 40.0 Å². The van der Waals surface area contributed by atoms with Crippen LogP contribution in [-0.2, 0) is 0 Å². The Labute approximate surface area is 102 Å². The van der Waals surface area contributed by atoms with Gasteiger partial charge in [-0.2, -0.15) is 0 Å². The highest BCUT2D eigenvalue weighted by Crippen LogP contribution is 2.20. The van der Waals surface area contributed by atoms with Crippen molar-refractivity contribution in [3.63, 3.8) is 0 Å². The van der Waals surface area contributed by atoms with E-state index in [1.807, 2.05) is 29.5 Å². The first-order valence-corrected chi connectivity index (χ1v) is 5.54. The first-order valence-electron chi connectivity index (χ1n) is 4.46. The summed E-state index contributed by atoms with van der Waals surface area (Å²) in [4.78, 5) is 11.6. The van der Waals surface area contributed by atoms with Crippen LogP contribution in [0.5, 0.6) is 5.75 Å².